The maximum absolute atomic E-state index is 13.9. The number of nitrogens with zero attached hydrogens (tertiary/aromatic N) is 2. The number of fused-ring (bicyclic) bond motifs is 3. The number of aromatic nitrogens is 1. The molecule has 1 saturated heterocycles. The first kappa shape index (κ1) is 29.2. The number of carboxylic acid groups (broad SMARTS) is 1. The van der Waals surface area contributed by atoms with E-state index >= 15 is 0 Å². The molecule has 3 aromatic rings. The van der Waals surface area contributed by atoms with Crippen LogP contribution in [0.4, 0.5) is 9.59 Å². The molecule has 0 unspecified atom stereocenters. The van der Waals surface area contributed by atoms with E-state index in [1.54, 1.807) is 22.8 Å². The van der Waals surface area contributed by atoms with Crippen LogP contribution >= 0.6 is 0 Å². The minimum absolute atomic E-state index is 0.0876. The number of carbonyl (C=O) groups excluding carboxylic acids is 2. The van der Waals surface area contributed by atoms with E-state index in [0.717, 1.165) is 22.3 Å². The van der Waals surface area contributed by atoms with E-state index in [2.05, 4.69) is 29.2 Å². The van der Waals surface area contributed by atoms with Gasteiger partial charge in [-0.05, 0) is 81.3 Å². The Morgan fingerprint density at radius 3 is 2.24 bits per heavy atom. The van der Waals surface area contributed by atoms with Crippen LogP contribution in [0.5, 0.6) is 0 Å². The summed E-state index contributed by atoms with van der Waals surface area (Å²) in [6, 6.07) is 17.4. The molecule has 2 amide bonds. The first-order valence-corrected chi connectivity index (χ1v) is 14.5. The summed E-state index contributed by atoms with van der Waals surface area (Å²) in [6.45, 7) is 9.91. The number of nitrogens with one attached hydrogen (secondary N) is 1. The highest BCUT2D eigenvalue weighted by molar-refractivity contribution is 5.87. The molecule has 2 aliphatic rings. The Morgan fingerprint density at radius 1 is 1.05 bits per heavy atom. The van der Waals surface area contributed by atoms with Gasteiger partial charge in [0.15, 0.2) is 0 Å². The molecule has 2 N–H and O–H groups in total. The number of carbonyl (C=O) groups is 3. The number of carboxylic acids is 1. The van der Waals surface area contributed by atoms with Crippen molar-refractivity contribution in [3.05, 3.63) is 82.7 Å². The lowest BCUT2D eigenvalue weighted by atomic mass is 9.96. The van der Waals surface area contributed by atoms with Gasteiger partial charge in [-0.15, -0.1) is 0 Å². The van der Waals surface area contributed by atoms with Crippen molar-refractivity contribution in [1.82, 2.24) is 14.8 Å². The SMILES string of the molecule is Cc1cc(CN(C(=O)OCC2c3ccccc3-c3ccccc32)[C@H]2CCCN(C(=O)OC(C)(C)C)[C@@H]2C)[nH]c1C(=O)O. The summed E-state index contributed by atoms with van der Waals surface area (Å²) in [5.74, 6) is -1.16. The summed E-state index contributed by atoms with van der Waals surface area (Å²) in [6.07, 6.45) is 0.418. The van der Waals surface area contributed by atoms with E-state index < -0.39 is 23.8 Å². The fourth-order valence-electron chi connectivity index (χ4n) is 6.23. The van der Waals surface area contributed by atoms with E-state index in [1.807, 2.05) is 52.0 Å². The van der Waals surface area contributed by atoms with E-state index in [0.29, 0.717) is 30.6 Å². The van der Waals surface area contributed by atoms with Crippen LogP contribution in [0.3, 0.4) is 0 Å². The van der Waals surface area contributed by atoms with Gasteiger partial charge in [-0.3, -0.25) is 4.90 Å². The number of hydrogen-bond donors (Lipinski definition) is 2. The number of benzene rings is 2. The molecule has 42 heavy (non-hydrogen) atoms. The Morgan fingerprint density at radius 2 is 1.67 bits per heavy atom. The van der Waals surface area contributed by atoms with Crippen molar-refractivity contribution < 1.29 is 29.0 Å². The summed E-state index contributed by atoms with van der Waals surface area (Å²) >= 11 is 0. The fraction of sp³-hybridized carbons (Fsp3) is 0.424. The topological polar surface area (TPSA) is 112 Å². The number of aromatic carboxylic acids is 1. The molecular weight excluding hydrogens is 534 g/mol. The molecule has 222 valence electrons. The lowest BCUT2D eigenvalue weighted by molar-refractivity contribution is -0.00951. The Balaban J connectivity index is 1.41. The van der Waals surface area contributed by atoms with Crippen molar-refractivity contribution in [2.75, 3.05) is 13.2 Å². The van der Waals surface area contributed by atoms with E-state index in [1.165, 1.54) is 0 Å². The van der Waals surface area contributed by atoms with Crippen molar-refractivity contribution in [2.24, 2.45) is 0 Å². The van der Waals surface area contributed by atoms with Crippen LogP contribution in [0.25, 0.3) is 11.1 Å². The minimum Gasteiger partial charge on any atom is -0.477 e. The van der Waals surface area contributed by atoms with E-state index in [-0.39, 0.29) is 36.8 Å². The molecule has 2 heterocycles. The molecule has 1 aliphatic heterocycles. The molecule has 0 spiro atoms. The Labute approximate surface area is 246 Å². The molecule has 1 aromatic heterocycles. The van der Waals surface area contributed by atoms with Crippen LogP contribution in [0.2, 0.25) is 0 Å². The second kappa shape index (κ2) is 11.5. The summed E-state index contributed by atoms with van der Waals surface area (Å²) in [7, 11) is 0. The third kappa shape index (κ3) is 5.86. The average molecular weight is 574 g/mol. The maximum atomic E-state index is 13.9. The molecule has 2 aromatic carbocycles. The molecule has 0 saturated carbocycles. The number of piperidine rings is 1. The Bertz CT molecular complexity index is 1440. The zero-order valence-corrected chi connectivity index (χ0v) is 24.8. The van der Waals surface area contributed by atoms with Gasteiger partial charge in [0.05, 0.1) is 18.6 Å². The van der Waals surface area contributed by atoms with Gasteiger partial charge in [0, 0.05) is 18.2 Å². The number of aromatic amines is 1. The van der Waals surface area contributed by atoms with Crippen LogP contribution in [-0.4, -0.2) is 68.9 Å². The van der Waals surface area contributed by atoms with Gasteiger partial charge in [0.1, 0.15) is 17.9 Å². The van der Waals surface area contributed by atoms with Gasteiger partial charge in [-0.1, -0.05) is 48.5 Å². The van der Waals surface area contributed by atoms with Crippen LogP contribution in [0.1, 0.15) is 79.3 Å². The first-order valence-electron chi connectivity index (χ1n) is 14.5. The Kier molecular flexibility index (Phi) is 8.03. The van der Waals surface area contributed by atoms with Gasteiger partial charge < -0.3 is 24.5 Å². The number of rotatable bonds is 6. The second-order valence-electron chi connectivity index (χ2n) is 12.2. The normalized spacial score (nSPS) is 18.3. The minimum atomic E-state index is -1.06. The number of H-pyrrole nitrogens is 1. The molecule has 1 fully saturated rings. The fourth-order valence-corrected chi connectivity index (χ4v) is 6.23. The highest BCUT2D eigenvalue weighted by Gasteiger charge is 2.40. The standard InChI is InChI=1S/C33H39N3O6/c1-20-17-22(34-29(20)30(37)38)18-36(28-15-10-16-35(21(28)2)32(40)42-33(3,4)5)31(39)41-19-27-25-13-8-6-11-23(25)24-12-7-9-14-26(24)27/h6-9,11-14,17,21,27-28,34H,10,15-16,18-19H2,1-5H3,(H,37,38)/t21-,28+/m1/s1. The summed E-state index contributed by atoms with van der Waals surface area (Å²) in [5.41, 5.74) is 5.12. The van der Waals surface area contributed by atoms with E-state index in [4.69, 9.17) is 9.47 Å². The number of amides is 2. The molecule has 5 rings (SSSR count). The Hall–Kier alpha value is -4.27. The maximum Gasteiger partial charge on any atom is 0.410 e. The lowest BCUT2D eigenvalue weighted by Gasteiger charge is -2.44. The molecule has 1 aliphatic carbocycles. The predicted octanol–water partition coefficient (Wildman–Crippen LogP) is 6.56. The first-order chi connectivity index (χ1) is 19.9. The quantitative estimate of drug-likeness (QED) is 0.345. The zero-order chi connectivity index (χ0) is 30.2. The molecular formula is C33H39N3O6. The van der Waals surface area contributed by atoms with E-state index in [9.17, 15) is 19.5 Å². The average Bonchev–Trinajstić information content (AvgIpc) is 3.47. The lowest BCUT2D eigenvalue weighted by Crippen LogP contribution is -2.57. The molecule has 9 heteroatoms. The highest BCUT2D eigenvalue weighted by Crippen LogP contribution is 2.44. The third-order valence-corrected chi connectivity index (χ3v) is 8.17. The zero-order valence-electron chi connectivity index (χ0n) is 24.8. The number of ether oxygens (including phenoxy) is 2. The largest absolute Gasteiger partial charge is 0.477 e. The van der Waals surface area contributed by atoms with Crippen LogP contribution < -0.4 is 0 Å². The van der Waals surface area contributed by atoms with Crippen molar-refractivity contribution in [3.8, 4) is 11.1 Å². The smallest absolute Gasteiger partial charge is 0.410 e. The van der Waals surface area contributed by atoms with Crippen LogP contribution in [0, 0.1) is 6.92 Å². The van der Waals surface area contributed by atoms with Gasteiger partial charge in [0.2, 0.25) is 0 Å². The highest BCUT2D eigenvalue weighted by atomic mass is 16.6. The molecule has 9 nitrogen and oxygen atoms in total. The van der Waals surface area contributed by atoms with Gasteiger partial charge >= 0.3 is 18.2 Å². The van der Waals surface area contributed by atoms with Gasteiger partial charge in [-0.2, -0.15) is 0 Å². The predicted molar refractivity (Wildman–Crippen MR) is 159 cm³/mol. The van der Waals surface area contributed by atoms with Gasteiger partial charge in [0.25, 0.3) is 0 Å². The van der Waals surface area contributed by atoms with Crippen molar-refractivity contribution in [3.63, 3.8) is 0 Å². The van der Waals surface area contributed by atoms with Crippen molar-refractivity contribution in [1.29, 1.82) is 0 Å². The van der Waals surface area contributed by atoms with Gasteiger partial charge in [-0.25, -0.2) is 14.4 Å². The van der Waals surface area contributed by atoms with Crippen LogP contribution in [-0.2, 0) is 16.0 Å². The summed E-state index contributed by atoms with van der Waals surface area (Å²) in [4.78, 5) is 45.0. The summed E-state index contributed by atoms with van der Waals surface area (Å²) in [5, 5.41) is 9.57. The number of hydrogen-bond acceptors (Lipinski definition) is 5. The second-order valence-corrected chi connectivity index (χ2v) is 12.2. The molecule has 0 bridgehead atoms. The molecule has 0 radical (unpaired) electrons. The van der Waals surface area contributed by atoms with Crippen molar-refractivity contribution >= 4 is 18.2 Å². The molecule has 2 atom stereocenters. The third-order valence-electron chi connectivity index (χ3n) is 8.17. The van der Waals surface area contributed by atoms with Crippen molar-refractivity contribution in [2.45, 2.75) is 77.6 Å². The summed E-state index contributed by atoms with van der Waals surface area (Å²) < 4.78 is 11.7. The van der Waals surface area contributed by atoms with Crippen LogP contribution in [0.15, 0.2) is 54.6 Å². The number of aryl methyl sites for hydroxylation is 1. The monoisotopic (exact) mass is 573 g/mol. The number of likely N-dealkylation sites (tertiary alicyclic amines) is 1.